The first-order valence-electron chi connectivity index (χ1n) is 6.90. The van der Waals surface area contributed by atoms with Gasteiger partial charge in [0.1, 0.15) is 17.1 Å². The Morgan fingerprint density at radius 1 is 1.08 bits per heavy atom. The van der Waals surface area contributed by atoms with Crippen molar-refractivity contribution in [3.05, 3.63) is 53.6 Å². The minimum atomic E-state index is -3.75. The number of hydrogen-bond donors (Lipinski definition) is 2. The van der Waals surface area contributed by atoms with Crippen LogP contribution < -0.4 is 14.2 Å². The number of methoxy groups -OCH3 is 2. The zero-order valence-corrected chi connectivity index (χ0v) is 14.0. The van der Waals surface area contributed by atoms with Gasteiger partial charge in [0.05, 0.1) is 25.7 Å². The van der Waals surface area contributed by atoms with E-state index >= 15 is 0 Å². The molecule has 2 aromatic carbocycles. The summed E-state index contributed by atoms with van der Waals surface area (Å²) in [7, 11) is -1.07. The van der Waals surface area contributed by atoms with E-state index in [1.165, 1.54) is 26.4 Å². The van der Waals surface area contributed by atoms with Crippen LogP contribution in [0.3, 0.4) is 0 Å². The number of carboxylic acid groups (broad SMARTS) is 1. The van der Waals surface area contributed by atoms with E-state index in [1.807, 2.05) is 0 Å². The van der Waals surface area contributed by atoms with Gasteiger partial charge in [0.25, 0.3) is 0 Å². The second-order valence-corrected chi connectivity index (χ2v) is 6.63. The topological polar surface area (TPSA) is 102 Å². The summed E-state index contributed by atoms with van der Waals surface area (Å²) in [6, 6.07) is 11.1. The van der Waals surface area contributed by atoms with Crippen molar-refractivity contribution in [3.8, 4) is 11.5 Å². The number of benzene rings is 2. The Kier molecular flexibility index (Phi) is 5.30. The van der Waals surface area contributed by atoms with Gasteiger partial charge >= 0.3 is 5.97 Å². The molecule has 0 aromatic heterocycles. The molecule has 0 fully saturated rings. The molecule has 0 atom stereocenters. The quantitative estimate of drug-likeness (QED) is 0.794. The summed E-state index contributed by atoms with van der Waals surface area (Å²) in [4.78, 5) is 11.3. The maximum Gasteiger partial charge on any atom is 0.339 e. The number of anilines is 1. The van der Waals surface area contributed by atoms with Gasteiger partial charge in [-0.25, -0.2) is 13.2 Å². The van der Waals surface area contributed by atoms with E-state index in [0.29, 0.717) is 5.56 Å². The van der Waals surface area contributed by atoms with Crippen molar-refractivity contribution in [2.24, 2.45) is 0 Å². The Bertz CT molecular complexity index is 833. The summed E-state index contributed by atoms with van der Waals surface area (Å²) in [6.07, 6.45) is 0. The number of sulfonamides is 1. The molecule has 0 radical (unpaired) electrons. The lowest BCUT2D eigenvalue weighted by molar-refractivity contribution is 0.0693. The van der Waals surface area contributed by atoms with E-state index in [9.17, 15) is 18.3 Å². The third-order valence-corrected chi connectivity index (χ3v) is 4.46. The number of carbonyl (C=O) groups is 1. The molecule has 0 amide bonds. The fourth-order valence-corrected chi connectivity index (χ4v) is 3.34. The molecule has 2 N–H and O–H groups in total. The molecular weight excluding hydrogens is 334 g/mol. The molecule has 8 heteroatoms. The number of carboxylic acids is 1. The smallest absolute Gasteiger partial charge is 0.339 e. The molecule has 0 saturated heterocycles. The largest absolute Gasteiger partial charge is 0.496 e. The van der Waals surface area contributed by atoms with Crippen LogP contribution in [0.15, 0.2) is 42.5 Å². The summed E-state index contributed by atoms with van der Waals surface area (Å²) >= 11 is 0. The fourth-order valence-electron chi connectivity index (χ4n) is 2.14. The predicted octanol–water partition coefficient (Wildman–Crippen LogP) is 2.34. The molecule has 0 saturated carbocycles. The SMILES string of the molecule is COc1cc(OC)c(C(=O)O)cc1NS(=O)(=O)Cc1ccccc1. The van der Waals surface area contributed by atoms with Gasteiger partial charge in [0, 0.05) is 6.07 Å². The highest BCUT2D eigenvalue weighted by Gasteiger charge is 2.20. The van der Waals surface area contributed by atoms with Gasteiger partial charge in [-0.05, 0) is 11.6 Å². The van der Waals surface area contributed by atoms with E-state index in [0.717, 1.165) is 0 Å². The molecule has 24 heavy (non-hydrogen) atoms. The van der Waals surface area contributed by atoms with Crippen molar-refractivity contribution >= 4 is 21.7 Å². The van der Waals surface area contributed by atoms with Gasteiger partial charge in [-0.1, -0.05) is 30.3 Å². The summed E-state index contributed by atoms with van der Waals surface area (Å²) < 4.78 is 37.1. The minimum Gasteiger partial charge on any atom is -0.496 e. The van der Waals surface area contributed by atoms with Crippen LogP contribution in [0, 0.1) is 0 Å². The van der Waals surface area contributed by atoms with Gasteiger partial charge in [-0.2, -0.15) is 0 Å². The van der Waals surface area contributed by atoms with Crippen LogP contribution >= 0.6 is 0 Å². The van der Waals surface area contributed by atoms with Crippen molar-refractivity contribution in [1.82, 2.24) is 0 Å². The lowest BCUT2D eigenvalue weighted by atomic mass is 10.1. The maximum atomic E-state index is 12.3. The Morgan fingerprint density at radius 3 is 2.25 bits per heavy atom. The highest BCUT2D eigenvalue weighted by Crippen LogP contribution is 2.33. The zero-order chi connectivity index (χ0) is 17.7. The van der Waals surface area contributed by atoms with E-state index in [1.54, 1.807) is 30.3 Å². The molecule has 0 unspecified atom stereocenters. The molecule has 0 spiro atoms. The van der Waals surface area contributed by atoms with Crippen LogP contribution in [-0.2, 0) is 15.8 Å². The predicted molar refractivity (Wildman–Crippen MR) is 89.2 cm³/mol. The third kappa shape index (κ3) is 4.17. The van der Waals surface area contributed by atoms with Crippen molar-refractivity contribution in [2.45, 2.75) is 5.75 Å². The normalized spacial score (nSPS) is 10.9. The number of nitrogens with one attached hydrogen (secondary N) is 1. The summed E-state index contributed by atoms with van der Waals surface area (Å²) in [5.41, 5.74) is 0.471. The first-order valence-corrected chi connectivity index (χ1v) is 8.55. The van der Waals surface area contributed by atoms with Crippen LogP contribution in [0.4, 0.5) is 5.69 Å². The van der Waals surface area contributed by atoms with Crippen LogP contribution in [0.25, 0.3) is 0 Å². The second kappa shape index (κ2) is 7.22. The van der Waals surface area contributed by atoms with Gasteiger partial charge in [-0.3, -0.25) is 4.72 Å². The molecule has 2 aromatic rings. The van der Waals surface area contributed by atoms with E-state index < -0.39 is 16.0 Å². The molecule has 0 bridgehead atoms. The molecule has 0 heterocycles. The number of rotatable bonds is 7. The molecular formula is C16H17NO6S. The van der Waals surface area contributed by atoms with Crippen molar-refractivity contribution in [1.29, 1.82) is 0 Å². The first-order chi connectivity index (χ1) is 11.4. The zero-order valence-electron chi connectivity index (χ0n) is 13.1. The molecule has 0 aliphatic heterocycles. The Labute approximate surface area is 139 Å². The van der Waals surface area contributed by atoms with Crippen LogP contribution in [0.5, 0.6) is 11.5 Å². The highest BCUT2D eigenvalue weighted by atomic mass is 32.2. The molecule has 0 aliphatic carbocycles. The summed E-state index contributed by atoms with van der Waals surface area (Å²) in [5, 5.41) is 9.22. The monoisotopic (exact) mass is 351 g/mol. The first kappa shape index (κ1) is 17.6. The van der Waals surface area contributed by atoms with E-state index in [-0.39, 0.29) is 28.5 Å². The van der Waals surface area contributed by atoms with Gasteiger partial charge in [0.15, 0.2) is 0 Å². The fraction of sp³-hybridized carbons (Fsp3) is 0.188. The van der Waals surface area contributed by atoms with E-state index in [4.69, 9.17) is 9.47 Å². The summed E-state index contributed by atoms with van der Waals surface area (Å²) in [6.45, 7) is 0. The molecule has 2 rings (SSSR count). The Hall–Kier alpha value is -2.74. The van der Waals surface area contributed by atoms with Crippen molar-refractivity contribution < 1.29 is 27.8 Å². The van der Waals surface area contributed by atoms with Crippen molar-refractivity contribution in [3.63, 3.8) is 0 Å². The lowest BCUT2D eigenvalue weighted by Gasteiger charge is -2.15. The number of hydrogen-bond acceptors (Lipinski definition) is 5. The molecule has 7 nitrogen and oxygen atoms in total. The highest BCUT2D eigenvalue weighted by molar-refractivity contribution is 7.91. The van der Waals surface area contributed by atoms with Crippen LogP contribution in [0.2, 0.25) is 0 Å². The minimum absolute atomic E-state index is 0.0339. The van der Waals surface area contributed by atoms with Gasteiger partial charge < -0.3 is 14.6 Å². The molecule has 0 aliphatic rings. The average Bonchev–Trinajstić information content (AvgIpc) is 2.54. The second-order valence-electron chi connectivity index (χ2n) is 4.90. The summed E-state index contributed by atoms with van der Waals surface area (Å²) in [5.74, 6) is -1.25. The van der Waals surface area contributed by atoms with Gasteiger partial charge in [0.2, 0.25) is 10.0 Å². The van der Waals surface area contributed by atoms with Crippen molar-refractivity contribution in [2.75, 3.05) is 18.9 Å². The third-order valence-electron chi connectivity index (χ3n) is 3.22. The standard InChI is InChI=1S/C16H17NO6S/c1-22-14-9-15(23-2)13(8-12(14)16(18)19)17-24(20,21)10-11-6-4-3-5-7-11/h3-9,17H,10H2,1-2H3,(H,18,19). The van der Waals surface area contributed by atoms with Gasteiger partial charge in [-0.15, -0.1) is 0 Å². The maximum absolute atomic E-state index is 12.3. The lowest BCUT2D eigenvalue weighted by Crippen LogP contribution is -2.16. The van der Waals surface area contributed by atoms with Crippen LogP contribution in [-0.4, -0.2) is 33.7 Å². The average molecular weight is 351 g/mol. The van der Waals surface area contributed by atoms with Crippen LogP contribution in [0.1, 0.15) is 15.9 Å². The number of ether oxygens (including phenoxy) is 2. The Balaban J connectivity index is 2.37. The molecule has 128 valence electrons. The number of aromatic carboxylic acids is 1. The van der Waals surface area contributed by atoms with E-state index in [2.05, 4.69) is 4.72 Å². The Morgan fingerprint density at radius 2 is 1.71 bits per heavy atom.